The molecule has 0 aliphatic carbocycles. The molecule has 0 unspecified atom stereocenters. The standard InChI is InChI=1S/C17H19N3O/c18-6-5-17(20-9-7-19-8-10-20)15-2-1-14-12-16(21)4-3-13(14)11-15/h1-4,11-12,17,19,21H,5,7-10H2/t17-/m0/s1. The highest BCUT2D eigenvalue weighted by Crippen LogP contribution is 2.28. The minimum Gasteiger partial charge on any atom is -0.508 e. The summed E-state index contributed by atoms with van der Waals surface area (Å²) in [4.78, 5) is 2.38. The van der Waals surface area contributed by atoms with Crippen molar-refractivity contribution in [1.29, 1.82) is 5.26 Å². The molecule has 21 heavy (non-hydrogen) atoms. The topological polar surface area (TPSA) is 59.3 Å². The highest BCUT2D eigenvalue weighted by Gasteiger charge is 2.22. The summed E-state index contributed by atoms with van der Waals surface area (Å²) in [6, 6.07) is 14.1. The minimum atomic E-state index is 0.148. The molecule has 0 spiro atoms. The van der Waals surface area contributed by atoms with Crippen LogP contribution in [0.15, 0.2) is 36.4 Å². The van der Waals surface area contributed by atoms with Crippen LogP contribution in [0.5, 0.6) is 5.75 Å². The van der Waals surface area contributed by atoms with E-state index < -0.39 is 0 Å². The van der Waals surface area contributed by atoms with Gasteiger partial charge in [-0.15, -0.1) is 0 Å². The van der Waals surface area contributed by atoms with Crippen LogP contribution in [0, 0.1) is 11.3 Å². The number of phenolic OH excluding ortho intramolecular Hbond substituents is 1. The van der Waals surface area contributed by atoms with E-state index in [0.29, 0.717) is 6.42 Å². The molecule has 1 heterocycles. The van der Waals surface area contributed by atoms with Crippen molar-refractivity contribution in [3.05, 3.63) is 42.0 Å². The quantitative estimate of drug-likeness (QED) is 0.907. The zero-order valence-electron chi connectivity index (χ0n) is 11.9. The van der Waals surface area contributed by atoms with Gasteiger partial charge in [-0.05, 0) is 34.5 Å². The Hall–Kier alpha value is -2.09. The van der Waals surface area contributed by atoms with Gasteiger partial charge in [0.15, 0.2) is 0 Å². The number of hydrogen-bond acceptors (Lipinski definition) is 4. The molecule has 4 heteroatoms. The number of nitrogens with one attached hydrogen (secondary N) is 1. The number of piperazine rings is 1. The lowest BCUT2D eigenvalue weighted by atomic mass is 9.98. The highest BCUT2D eigenvalue weighted by atomic mass is 16.3. The van der Waals surface area contributed by atoms with Crippen molar-refractivity contribution in [2.24, 2.45) is 0 Å². The number of fused-ring (bicyclic) bond motifs is 1. The summed E-state index contributed by atoms with van der Waals surface area (Å²) in [6.45, 7) is 3.90. The number of hydrogen-bond donors (Lipinski definition) is 2. The first-order valence-electron chi connectivity index (χ1n) is 7.32. The lowest BCUT2D eigenvalue weighted by Crippen LogP contribution is -2.45. The van der Waals surface area contributed by atoms with Crippen LogP contribution in [0.3, 0.4) is 0 Å². The van der Waals surface area contributed by atoms with E-state index in [9.17, 15) is 5.11 Å². The maximum absolute atomic E-state index is 9.54. The summed E-state index contributed by atoms with van der Waals surface area (Å²) in [7, 11) is 0. The Labute approximate surface area is 124 Å². The molecule has 1 aliphatic rings. The van der Waals surface area contributed by atoms with E-state index in [1.54, 1.807) is 12.1 Å². The van der Waals surface area contributed by atoms with Crippen molar-refractivity contribution in [2.45, 2.75) is 12.5 Å². The van der Waals surface area contributed by atoms with Gasteiger partial charge in [0.2, 0.25) is 0 Å². The summed E-state index contributed by atoms with van der Waals surface area (Å²) >= 11 is 0. The van der Waals surface area contributed by atoms with E-state index in [0.717, 1.165) is 37.0 Å². The Kier molecular flexibility index (Phi) is 4.05. The zero-order chi connectivity index (χ0) is 14.7. The predicted molar refractivity (Wildman–Crippen MR) is 83.0 cm³/mol. The Bertz CT molecular complexity index is 671. The van der Waals surface area contributed by atoms with Crippen LogP contribution in [0.4, 0.5) is 0 Å². The van der Waals surface area contributed by atoms with Gasteiger partial charge in [0, 0.05) is 32.2 Å². The molecule has 3 rings (SSSR count). The van der Waals surface area contributed by atoms with Crippen LogP contribution >= 0.6 is 0 Å². The van der Waals surface area contributed by atoms with Crippen LogP contribution in [0.2, 0.25) is 0 Å². The third kappa shape index (κ3) is 2.99. The maximum atomic E-state index is 9.54. The molecule has 0 aromatic heterocycles. The van der Waals surface area contributed by atoms with Gasteiger partial charge >= 0.3 is 0 Å². The Morgan fingerprint density at radius 2 is 1.86 bits per heavy atom. The molecule has 0 saturated carbocycles. The fraction of sp³-hybridized carbons (Fsp3) is 0.353. The SMILES string of the molecule is N#CC[C@@H](c1ccc2cc(O)ccc2c1)N1CCNCC1. The first kappa shape index (κ1) is 13.9. The van der Waals surface area contributed by atoms with Gasteiger partial charge in [0.25, 0.3) is 0 Å². The monoisotopic (exact) mass is 281 g/mol. The molecule has 0 radical (unpaired) electrons. The molecule has 108 valence electrons. The van der Waals surface area contributed by atoms with Crippen LogP contribution in [-0.4, -0.2) is 36.2 Å². The third-order valence-electron chi connectivity index (χ3n) is 4.11. The average Bonchev–Trinajstić information content (AvgIpc) is 2.53. The van der Waals surface area contributed by atoms with Gasteiger partial charge in [-0.2, -0.15) is 5.26 Å². The first-order chi connectivity index (χ1) is 10.3. The Balaban J connectivity index is 1.94. The van der Waals surface area contributed by atoms with Crippen molar-refractivity contribution >= 4 is 10.8 Å². The maximum Gasteiger partial charge on any atom is 0.116 e. The molecule has 0 bridgehead atoms. The largest absolute Gasteiger partial charge is 0.508 e. The molecule has 2 aromatic carbocycles. The summed E-state index contributed by atoms with van der Waals surface area (Å²) in [5.41, 5.74) is 1.18. The van der Waals surface area contributed by atoms with Crippen LogP contribution < -0.4 is 5.32 Å². The number of nitriles is 1. The summed E-state index contributed by atoms with van der Waals surface area (Å²) < 4.78 is 0. The van der Waals surface area contributed by atoms with Crippen LogP contribution in [0.25, 0.3) is 10.8 Å². The van der Waals surface area contributed by atoms with E-state index >= 15 is 0 Å². The van der Waals surface area contributed by atoms with Gasteiger partial charge < -0.3 is 10.4 Å². The second kappa shape index (κ2) is 6.13. The fourth-order valence-corrected chi connectivity index (χ4v) is 3.00. The molecular formula is C17H19N3O. The minimum absolute atomic E-state index is 0.148. The van der Waals surface area contributed by atoms with Gasteiger partial charge in [-0.1, -0.05) is 18.2 Å². The van der Waals surface area contributed by atoms with Crippen LogP contribution in [-0.2, 0) is 0 Å². The summed E-state index contributed by atoms with van der Waals surface area (Å²) in [5, 5.41) is 24.2. The normalized spacial score (nSPS) is 17.5. The van der Waals surface area contributed by atoms with Crippen LogP contribution in [0.1, 0.15) is 18.0 Å². The molecule has 1 fully saturated rings. The molecule has 1 aliphatic heterocycles. The fourth-order valence-electron chi connectivity index (χ4n) is 3.00. The number of nitrogens with zero attached hydrogens (tertiary/aromatic N) is 2. The van der Waals surface area contributed by atoms with E-state index in [-0.39, 0.29) is 11.8 Å². The molecular weight excluding hydrogens is 262 g/mol. The zero-order valence-corrected chi connectivity index (χ0v) is 11.9. The number of benzene rings is 2. The third-order valence-corrected chi connectivity index (χ3v) is 4.11. The molecule has 2 N–H and O–H groups in total. The Morgan fingerprint density at radius 3 is 2.62 bits per heavy atom. The lowest BCUT2D eigenvalue weighted by Gasteiger charge is -2.34. The van der Waals surface area contributed by atoms with Crippen molar-refractivity contribution in [2.75, 3.05) is 26.2 Å². The van der Waals surface area contributed by atoms with E-state index in [2.05, 4.69) is 28.4 Å². The van der Waals surface area contributed by atoms with E-state index in [1.807, 2.05) is 12.1 Å². The van der Waals surface area contributed by atoms with Gasteiger partial charge in [-0.25, -0.2) is 0 Å². The average molecular weight is 281 g/mol. The number of aromatic hydroxyl groups is 1. The van der Waals surface area contributed by atoms with E-state index in [1.165, 1.54) is 5.56 Å². The number of rotatable bonds is 3. The smallest absolute Gasteiger partial charge is 0.116 e. The summed E-state index contributed by atoms with van der Waals surface area (Å²) in [6.07, 6.45) is 0.504. The molecule has 4 nitrogen and oxygen atoms in total. The highest BCUT2D eigenvalue weighted by molar-refractivity contribution is 5.84. The van der Waals surface area contributed by atoms with Gasteiger partial charge in [-0.3, -0.25) is 4.90 Å². The van der Waals surface area contributed by atoms with Crippen molar-refractivity contribution < 1.29 is 5.11 Å². The predicted octanol–water partition coefficient (Wildman–Crippen LogP) is 2.41. The van der Waals surface area contributed by atoms with Crippen molar-refractivity contribution in [1.82, 2.24) is 10.2 Å². The van der Waals surface area contributed by atoms with Crippen molar-refractivity contribution in [3.8, 4) is 11.8 Å². The van der Waals surface area contributed by atoms with Gasteiger partial charge in [0.1, 0.15) is 5.75 Å². The van der Waals surface area contributed by atoms with Crippen molar-refractivity contribution in [3.63, 3.8) is 0 Å². The van der Waals surface area contributed by atoms with Gasteiger partial charge in [0.05, 0.1) is 12.5 Å². The lowest BCUT2D eigenvalue weighted by molar-refractivity contribution is 0.176. The first-order valence-corrected chi connectivity index (χ1v) is 7.32. The molecule has 1 atom stereocenters. The Morgan fingerprint density at radius 1 is 1.14 bits per heavy atom. The second-order valence-corrected chi connectivity index (χ2v) is 5.45. The number of phenols is 1. The second-order valence-electron chi connectivity index (χ2n) is 5.45. The molecule has 2 aromatic rings. The molecule has 0 amide bonds. The molecule has 1 saturated heterocycles. The summed E-state index contributed by atoms with van der Waals surface area (Å²) in [5.74, 6) is 0.283. The van der Waals surface area contributed by atoms with E-state index in [4.69, 9.17) is 5.26 Å².